The molecular weight excluding hydrogens is 428 g/mol. The van der Waals surface area contributed by atoms with Gasteiger partial charge in [-0.1, -0.05) is 43.3 Å². The highest BCUT2D eigenvalue weighted by Crippen LogP contribution is 2.42. The minimum Gasteiger partial charge on any atom is -0.455 e. The molecule has 1 fully saturated rings. The summed E-state index contributed by atoms with van der Waals surface area (Å²) in [7, 11) is 0. The van der Waals surface area contributed by atoms with E-state index in [1.165, 1.54) is 16.7 Å². The van der Waals surface area contributed by atoms with E-state index < -0.39 is 29.1 Å². The molecule has 0 bridgehead atoms. The molecule has 0 radical (unpaired) electrons. The summed E-state index contributed by atoms with van der Waals surface area (Å²) in [5, 5.41) is 13.2. The minimum absolute atomic E-state index is 0.0726. The Bertz CT molecular complexity index is 937. The van der Waals surface area contributed by atoms with E-state index in [4.69, 9.17) is 4.74 Å². The van der Waals surface area contributed by atoms with E-state index in [-0.39, 0.29) is 29.9 Å². The Morgan fingerprint density at radius 2 is 2.00 bits per heavy atom. The van der Waals surface area contributed by atoms with Crippen molar-refractivity contribution in [3.8, 4) is 0 Å². The van der Waals surface area contributed by atoms with Gasteiger partial charge in [0.05, 0.1) is 12.5 Å². The highest BCUT2D eigenvalue weighted by Gasteiger charge is 2.55. The Kier molecular flexibility index (Phi) is 7.15. The van der Waals surface area contributed by atoms with Crippen LogP contribution in [0.25, 0.3) is 0 Å². The number of fused-ring (bicyclic) bond motifs is 1. The molecule has 2 aliphatic heterocycles. The van der Waals surface area contributed by atoms with Gasteiger partial charge in [0.2, 0.25) is 5.91 Å². The van der Waals surface area contributed by atoms with Gasteiger partial charge in [0.15, 0.2) is 0 Å². The number of β-lactam (4-membered cyclic amide) rings is 1. The predicted octanol–water partition coefficient (Wildman–Crippen LogP) is 2.41. The zero-order valence-electron chi connectivity index (χ0n) is 18.8. The number of amides is 2. The highest BCUT2D eigenvalue weighted by molar-refractivity contribution is 8.00. The first-order valence-electron chi connectivity index (χ1n) is 10.6. The largest absolute Gasteiger partial charge is 0.455 e. The maximum Gasteiger partial charge on any atom is 0.355 e. The van der Waals surface area contributed by atoms with Gasteiger partial charge in [-0.05, 0) is 26.3 Å². The number of benzene rings is 1. The van der Waals surface area contributed by atoms with Crippen LogP contribution in [0.1, 0.15) is 33.3 Å². The second-order valence-corrected chi connectivity index (χ2v) is 10.1. The molecule has 0 spiro atoms. The number of nitrogens with one attached hydrogen (secondary N) is 1. The number of esters is 1. The van der Waals surface area contributed by atoms with Gasteiger partial charge in [0.1, 0.15) is 22.7 Å². The Hall–Kier alpha value is -2.58. The third-order valence-corrected chi connectivity index (χ3v) is 6.64. The molecule has 32 heavy (non-hydrogen) atoms. The third-order valence-electron chi connectivity index (χ3n) is 5.34. The van der Waals surface area contributed by atoms with E-state index >= 15 is 0 Å². The molecule has 4 atom stereocenters. The first kappa shape index (κ1) is 24.1. The van der Waals surface area contributed by atoms with Crippen LogP contribution in [-0.2, 0) is 25.5 Å². The van der Waals surface area contributed by atoms with Crippen LogP contribution in [0.4, 0.5) is 0 Å². The first-order valence-corrected chi connectivity index (χ1v) is 11.6. The fourth-order valence-corrected chi connectivity index (χ4v) is 5.03. The zero-order valence-corrected chi connectivity index (χ0v) is 19.6. The van der Waals surface area contributed by atoms with Gasteiger partial charge in [-0.2, -0.15) is 0 Å². The van der Waals surface area contributed by atoms with Crippen molar-refractivity contribution >= 4 is 29.5 Å². The lowest BCUT2D eigenvalue weighted by atomic mass is 9.94. The van der Waals surface area contributed by atoms with Gasteiger partial charge in [0.25, 0.3) is 5.91 Å². The van der Waals surface area contributed by atoms with E-state index in [2.05, 4.69) is 11.9 Å². The summed E-state index contributed by atoms with van der Waals surface area (Å²) in [6, 6.07) is 8.54. The third kappa shape index (κ3) is 5.07. The summed E-state index contributed by atoms with van der Waals surface area (Å²) < 4.78 is 5.54. The van der Waals surface area contributed by atoms with Gasteiger partial charge >= 0.3 is 5.97 Å². The van der Waals surface area contributed by atoms with Crippen molar-refractivity contribution in [3.63, 3.8) is 0 Å². The first-order chi connectivity index (χ1) is 15.0. The number of aliphatic hydroxyl groups excluding tert-OH is 1. The normalized spacial score (nSPS) is 22.4. The Labute approximate surface area is 192 Å². The molecule has 1 aromatic rings. The van der Waals surface area contributed by atoms with Crippen LogP contribution in [-0.4, -0.2) is 56.7 Å². The van der Waals surface area contributed by atoms with Crippen LogP contribution in [0.3, 0.4) is 0 Å². The van der Waals surface area contributed by atoms with E-state index in [0.717, 1.165) is 5.56 Å². The van der Waals surface area contributed by atoms with Gasteiger partial charge in [-0.15, -0.1) is 18.3 Å². The Morgan fingerprint density at radius 3 is 2.59 bits per heavy atom. The summed E-state index contributed by atoms with van der Waals surface area (Å²) in [5.41, 5.74) is 0.600. The van der Waals surface area contributed by atoms with Crippen LogP contribution in [0.5, 0.6) is 0 Å². The fourth-order valence-electron chi connectivity index (χ4n) is 3.64. The zero-order chi connectivity index (χ0) is 23.6. The second kappa shape index (κ2) is 9.50. The molecule has 2 amide bonds. The number of carbonyl (C=O) groups is 3. The van der Waals surface area contributed by atoms with Gasteiger partial charge in [-0.3, -0.25) is 14.5 Å². The monoisotopic (exact) mass is 458 g/mol. The van der Waals surface area contributed by atoms with Crippen LogP contribution in [0.2, 0.25) is 0 Å². The number of thioether (sulfide) groups is 1. The summed E-state index contributed by atoms with van der Waals surface area (Å²) in [6.07, 6.45) is 0.798. The fraction of sp³-hybridized carbons (Fsp3) is 0.458. The summed E-state index contributed by atoms with van der Waals surface area (Å²) in [4.78, 5) is 39.9. The average Bonchev–Trinajstić information content (AvgIpc) is 2.74. The van der Waals surface area contributed by atoms with Crippen molar-refractivity contribution in [2.45, 2.75) is 57.2 Å². The van der Waals surface area contributed by atoms with E-state index in [0.29, 0.717) is 11.3 Å². The molecular formula is C24H30N2O5S. The molecule has 0 aliphatic carbocycles. The van der Waals surface area contributed by atoms with Crippen LogP contribution < -0.4 is 5.32 Å². The minimum atomic E-state index is -0.969. The van der Waals surface area contributed by atoms with Gasteiger partial charge in [0, 0.05) is 17.2 Å². The van der Waals surface area contributed by atoms with Gasteiger partial charge in [-0.25, -0.2) is 4.79 Å². The van der Waals surface area contributed by atoms with Crippen LogP contribution in [0.15, 0.2) is 54.3 Å². The molecule has 0 aromatic heterocycles. The van der Waals surface area contributed by atoms with E-state index in [1.807, 2.05) is 30.3 Å². The quantitative estimate of drug-likeness (QED) is 0.370. The molecule has 0 unspecified atom stereocenters. The predicted molar refractivity (Wildman–Crippen MR) is 123 cm³/mol. The summed E-state index contributed by atoms with van der Waals surface area (Å²) in [5.74, 6) is -1.27. The molecule has 172 valence electrons. The molecule has 1 saturated heterocycles. The Balaban J connectivity index is 1.82. The lowest BCUT2D eigenvalue weighted by molar-refractivity contribution is -0.159. The topological polar surface area (TPSA) is 95.9 Å². The van der Waals surface area contributed by atoms with Gasteiger partial charge < -0.3 is 15.2 Å². The van der Waals surface area contributed by atoms with Crippen LogP contribution >= 0.6 is 11.8 Å². The SMILES string of the molecule is C=C[C@@H](C)[C@@H](O)C1=C(C(=O)OC(C)(C)C)N2C(=O)[C@@H](NC(=O)Cc3ccccc3)[C@H]2SC1. The number of ether oxygens (including phenoxy) is 1. The van der Waals surface area contributed by atoms with Crippen molar-refractivity contribution in [3.05, 3.63) is 59.8 Å². The number of rotatable bonds is 7. The van der Waals surface area contributed by atoms with Crippen molar-refractivity contribution < 1.29 is 24.2 Å². The number of hydrogen-bond donors (Lipinski definition) is 2. The van der Waals surface area contributed by atoms with Crippen molar-refractivity contribution in [1.82, 2.24) is 10.2 Å². The summed E-state index contributed by atoms with van der Waals surface area (Å²) >= 11 is 1.41. The van der Waals surface area contributed by atoms with E-state index in [9.17, 15) is 19.5 Å². The Morgan fingerprint density at radius 1 is 1.34 bits per heavy atom. The molecule has 2 N–H and O–H groups in total. The lowest BCUT2D eigenvalue weighted by Gasteiger charge is -2.50. The van der Waals surface area contributed by atoms with E-state index in [1.54, 1.807) is 33.8 Å². The number of hydrogen-bond acceptors (Lipinski definition) is 6. The molecule has 7 nitrogen and oxygen atoms in total. The molecule has 8 heteroatoms. The second-order valence-electron chi connectivity index (χ2n) is 9.03. The smallest absolute Gasteiger partial charge is 0.355 e. The molecule has 1 aromatic carbocycles. The highest BCUT2D eigenvalue weighted by atomic mass is 32.2. The van der Waals surface area contributed by atoms with Crippen molar-refractivity contribution in [2.75, 3.05) is 5.75 Å². The lowest BCUT2D eigenvalue weighted by Crippen LogP contribution is -2.71. The molecule has 2 heterocycles. The standard InChI is InChI=1S/C24H30N2O5S/c1-6-14(2)20(28)16-13-32-22-18(25-17(27)12-15-10-8-7-9-11-15)21(29)26(22)19(16)23(30)31-24(3,4)5/h6-11,14,18,20,22,28H,1,12-13H2,2-5H3,(H,25,27)/t14-,18-,20-,22-/m1/s1. The molecule has 3 rings (SSSR count). The number of carbonyl (C=O) groups excluding carboxylic acids is 3. The maximum atomic E-state index is 13.0. The number of nitrogens with zero attached hydrogens (tertiary/aromatic N) is 1. The van der Waals surface area contributed by atoms with Crippen LogP contribution in [0, 0.1) is 5.92 Å². The van der Waals surface area contributed by atoms with Crippen molar-refractivity contribution in [1.29, 1.82) is 0 Å². The molecule has 0 saturated carbocycles. The maximum absolute atomic E-state index is 13.0. The molecule has 2 aliphatic rings. The summed E-state index contributed by atoms with van der Waals surface area (Å²) in [6.45, 7) is 10.7. The average molecular weight is 459 g/mol. The number of aliphatic hydroxyl groups is 1. The van der Waals surface area contributed by atoms with Crippen molar-refractivity contribution in [2.24, 2.45) is 5.92 Å².